The smallest absolute Gasteiger partial charge is 0.207 e. The van der Waals surface area contributed by atoms with Crippen LogP contribution in [0.25, 0.3) is 10.9 Å². The van der Waals surface area contributed by atoms with E-state index in [0.29, 0.717) is 6.54 Å². The summed E-state index contributed by atoms with van der Waals surface area (Å²) < 4.78 is 0. The number of hydrogen-bond acceptors (Lipinski definition) is 1. The molecule has 0 aliphatic rings. The van der Waals surface area contributed by atoms with Crippen LogP contribution in [-0.4, -0.2) is 17.9 Å². The molecule has 0 bridgehead atoms. The second-order valence-corrected chi connectivity index (χ2v) is 3.18. The zero-order valence-corrected chi connectivity index (χ0v) is 9.01. The maximum absolute atomic E-state index is 10.1. The minimum atomic E-state index is 0. The van der Waals surface area contributed by atoms with Gasteiger partial charge in [0, 0.05) is 23.6 Å². The molecule has 1 heterocycles. The highest BCUT2D eigenvalue weighted by Crippen LogP contribution is 2.17. The number of rotatable bonds is 4. The van der Waals surface area contributed by atoms with Gasteiger partial charge in [0.1, 0.15) is 0 Å². The van der Waals surface area contributed by atoms with Gasteiger partial charge in [-0.3, -0.25) is 4.79 Å². The number of carbonyl (C=O) groups is 1. The number of aromatic nitrogens is 1. The van der Waals surface area contributed by atoms with Gasteiger partial charge >= 0.3 is 0 Å². The van der Waals surface area contributed by atoms with Gasteiger partial charge in [-0.15, -0.1) is 12.4 Å². The first-order valence-corrected chi connectivity index (χ1v) is 4.64. The molecule has 1 amide bonds. The topological polar surface area (TPSA) is 44.9 Å². The van der Waals surface area contributed by atoms with E-state index in [1.807, 2.05) is 24.4 Å². The molecule has 0 aliphatic heterocycles. The number of nitrogens with one attached hydrogen (secondary N) is 2. The van der Waals surface area contributed by atoms with Crippen molar-refractivity contribution in [3.05, 3.63) is 36.0 Å². The van der Waals surface area contributed by atoms with E-state index >= 15 is 0 Å². The summed E-state index contributed by atoms with van der Waals surface area (Å²) in [5, 5.41) is 3.89. The van der Waals surface area contributed by atoms with Gasteiger partial charge in [0.05, 0.1) is 0 Å². The summed E-state index contributed by atoms with van der Waals surface area (Å²) in [5.41, 5.74) is 2.39. The molecule has 2 N–H and O–H groups in total. The molecule has 0 unspecified atom stereocenters. The second kappa shape index (κ2) is 5.41. The van der Waals surface area contributed by atoms with Crippen LogP contribution < -0.4 is 5.32 Å². The number of aromatic amines is 1. The number of para-hydroxylation sites is 1. The molecule has 0 radical (unpaired) electrons. The third-order valence-corrected chi connectivity index (χ3v) is 2.30. The Morgan fingerprint density at radius 3 is 2.93 bits per heavy atom. The molecule has 15 heavy (non-hydrogen) atoms. The zero-order chi connectivity index (χ0) is 9.80. The summed E-state index contributed by atoms with van der Waals surface area (Å²) in [6.45, 7) is 0.686. The fourth-order valence-electron chi connectivity index (χ4n) is 1.60. The summed E-state index contributed by atoms with van der Waals surface area (Å²) in [6, 6.07) is 8.16. The number of carbonyl (C=O) groups excluding carboxylic acids is 1. The molecule has 2 rings (SSSR count). The summed E-state index contributed by atoms with van der Waals surface area (Å²) in [4.78, 5) is 13.3. The van der Waals surface area contributed by atoms with Crippen LogP contribution in [0.2, 0.25) is 0 Å². The van der Waals surface area contributed by atoms with E-state index in [-0.39, 0.29) is 12.4 Å². The number of hydrogen-bond donors (Lipinski definition) is 2. The first-order chi connectivity index (χ1) is 6.92. The Balaban J connectivity index is 0.00000112. The molecule has 0 atom stereocenters. The minimum absolute atomic E-state index is 0. The van der Waals surface area contributed by atoms with Gasteiger partial charge in [0.25, 0.3) is 0 Å². The first kappa shape index (κ1) is 11.6. The highest BCUT2D eigenvalue weighted by Gasteiger charge is 2.01. The van der Waals surface area contributed by atoms with Gasteiger partial charge in [-0.1, -0.05) is 18.2 Å². The van der Waals surface area contributed by atoms with E-state index < -0.39 is 0 Å². The Bertz CT molecular complexity index is 439. The van der Waals surface area contributed by atoms with Crippen molar-refractivity contribution in [3.63, 3.8) is 0 Å². The van der Waals surface area contributed by atoms with Gasteiger partial charge in [-0.05, 0) is 18.1 Å². The molecule has 0 saturated heterocycles. The first-order valence-electron chi connectivity index (χ1n) is 4.64. The third-order valence-electron chi connectivity index (χ3n) is 2.30. The second-order valence-electron chi connectivity index (χ2n) is 3.18. The Hall–Kier alpha value is -1.48. The molecule has 3 nitrogen and oxygen atoms in total. The molecule has 0 aliphatic carbocycles. The predicted molar refractivity (Wildman–Crippen MR) is 63.3 cm³/mol. The van der Waals surface area contributed by atoms with Crippen LogP contribution in [0.3, 0.4) is 0 Å². The van der Waals surface area contributed by atoms with Crippen LogP contribution in [0.4, 0.5) is 0 Å². The highest BCUT2D eigenvalue weighted by molar-refractivity contribution is 5.85. The predicted octanol–water partition coefficient (Wildman–Crippen LogP) is 1.88. The summed E-state index contributed by atoms with van der Waals surface area (Å²) in [7, 11) is 0. The Morgan fingerprint density at radius 1 is 1.33 bits per heavy atom. The molecule has 0 spiro atoms. The monoisotopic (exact) mass is 224 g/mol. The Labute approximate surface area is 94.3 Å². The quantitative estimate of drug-likeness (QED) is 0.605. The molecule has 4 heteroatoms. The van der Waals surface area contributed by atoms with Crippen molar-refractivity contribution in [1.82, 2.24) is 10.3 Å². The zero-order valence-electron chi connectivity index (χ0n) is 8.19. The largest absolute Gasteiger partial charge is 0.361 e. The molecule has 1 aromatic heterocycles. The van der Waals surface area contributed by atoms with Crippen LogP contribution in [-0.2, 0) is 11.2 Å². The van der Waals surface area contributed by atoms with Crippen molar-refractivity contribution in [3.8, 4) is 0 Å². The van der Waals surface area contributed by atoms with Gasteiger partial charge in [-0.25, -0.2) is 0 Å². The van der Waals surface area contributed by atoms with Crippen molar-refractivity contribution < 1.29 is 4.79 Å². The lowest BCUT2D eigenvalue weighted by molar-refractivity contribution is -0.109. The van der Waals surface area contributed by atoms with Crippen LogP contribution in [0.5, 0.6) is 0 Å². The maximum Gasteiger partial charge on any atom is 0.207 e. The lowest BCUT2D eigenvalue weighted by atomic mass is 10.1. The van der Waals surface area contributed by atoms with Crippen LogP contribution in [0.15, 0.2) is 30.5 Å². The highest BCUT2D eigenvalue weighted by atomic mass is 35.5. The van der Waals surface area contributed by atoms with Crippen molar-refractivity contribution >= 4 is 29.7 Å². The number of amides is 1. The average Bonchev–Trinajstić information content (AvgIpc) is 2.63. The fraction of sp³-hybridized carbons (Fsp3) is 0.182. The van der Waals surface area contributed by atoms with Gasteiger partial charge in [0.15, 0.2) is 0 Å². The van der Waals surface area contributed by atoms with Crippen LogP contribution >= 0.6 is 12.4 Å². The SMILES string of the molecule is Cl.O=CNCCc1c[nH]c2ccccc12. The summed E-state index contributed by atoms with van der Waals surface area (Å²) in [5.74, 6) is 0. The van der Waals surface area contributed by atoms with Crippen molar-refractivity contribution in [2.45, 2.75) is 6.42 Å². The van der Waals surface area contributed by atoms with Gasteiger partial charge in [0.2, 0.25) is 6.41 Å². The third kappa shape index (κ3) is 2.50. The molecular formula is C11H13ClN2O. The van der Waals surface area contributed by atoms with E-state index in [9.17, 15) is 4.79 Å². The number of benzene rings is 1. The molecule has 1 aromatic carbocycles. The lowest BCUT2D eigenvalue weighted by Gasteiger charge is -1.97. The lowest BCUT2D eigenvalue weighted by Crippen LogP contribution is -2.14. The van der Waals surface area contributed by atoms with E-state index in [0.717, 1.165) is 18.3 Å². The number of fused-ring (bicyclic) bond motifs is 1. The summed E-state index contributed by atoms with van der Waals surface area (Å²) >= 11 is 0. The average molecular weight is 225 g/mol. The van der Waals surface area contributed by atoms with Crippen molar-refractivity contribution in [2.24, 2.45) is 0 Å². The normalized spacial score (nSPS) is 9.60. The number of H-pyrrole nitrogens is 1. The number of halogens is 1. The van der Waals surface area contributed by atoms with Gasteiger partial charge < -0.3 is 10.3 Å². The van der Waals surface area contributed by atoms with E-state index in [1.165, 1.54) is 10.9 Å². The van der Waals surface area contributed by atoms with Crippen molar-refractivity contribution in [1.29, 1.82) is 0 Å². The Morgan fingerprint density at radius 2 is 2.13 bits per heavy atom. The van der Waals surface area contributed by atoms with Gasteiger partial charge in [-0.2, -0.15) is 0 Å². The van der Waals surface area contributed by atoms with E-state index in [1.54, 1.807) is 0 Å². The minimum Gasteiger partial charge on any atom is -0.361 e. The molecule has 0 fully saturated rings. The standard InChI is InChI=1S/C11H12N2O.ClH/c14-8-12-6-5-9-7-13-11-4-2-1-3-10(9)11;/h1-4,7-8,13H,5-6H2,(H,12,14);1H. The van der Waals surface area contributed by atoms with Crippen LogP contribution in [0, 0.1) is 0 Å². The fourth-order valence-corrected chi connectivity index (χ4v) is 1.60. The molecule has 2 aromatic rings. The van der Waals surface area contributed by atoms with Crippen LogP contribution in [0.1, 0.15) is 5.56 Å². The molecule has 80 valence electrons. The van der Waals surface area contributed by atoms with E-state index in [2.05, 4.69) is 16.4 Å². The molecule has 0 saturated carbocycles. The Kier molecular flexibility index (Phi) is 4.18. The van der Waals surface area contributed by atoms with Crippen molar-refractivity contribution in [2.75, 3.05) is 6.54 Å². The molecular weight excluding hydrogens is 212 g/mol. The van der Waals surface area contributed by atoms with E-state index in [4.69, 9.17) is 0 Å². The maximum atomic E-state index is 10.1. The summed E-state index contributed by atoms with van der Waals surface area (Å²) in [6.07, 6.45) is 3.59.